The fourth-order valence-electron chi connectivity index (χ4n) is 2.77. The van der Waals surface area contributed by atoms with Gasteiger partial charge in [-0.2, -0.15) is 0 Å². The van der Waals surface area contributed by atoms with Gasteiger partial charge in [-0.05, 0) is 33.6 Å². The van der Waals surface area contributed by atoms with Crippen molar-refractivity contribution in [2.24, 2.45) is 7.05 Å². The minimum absolute atomic E-state index is 0.0683. The lowest BCUT2D eigenvalue weighted by atomic mass is 9.97. The number of carbonyl (C=O) groups is 1. The average Bonchev–Trinajstić information content (AvgIpc) is 3.02. The number of amides is 1. The first-order valence-electron chi connectivity index (χ1n) is 7.85. The fourth-order valence-corrected chi connectivity index (χ4v) is 2.77. The lowest BCUT2D eigenvalue weighted by Crippen LogP contribution is -2.52. The molecule has 22 heavy (non-hydrogen) atoms. The molecular weight excluding hydrogens is 282 g/mol. The highest BCUT2D eigenvalue weighted by molar-refractivity contribution is 5.67. The van der Waals surface area contributed by atoms with Crippen molar-refractivity contribution in [2.45, 2.75) is 64.1 Å². The molecule has 0 spiro atoms. The third-order valence-electron chi connectivity index (χ3n) is 3.98. The molecular formula is C15H27N5O2. The van der Waals surface area contributed by atoms with E-state index in [1.807, 2.05) is 27.8 Å². The van der Waals surface area contributed by atoms with Crippen LogP contribution in [0.3, 0.4) is 0 Å². The van der Waals surface area contributed by atoms with Gasteiger partial charge in [0.05, 0.1) is 11.9 Å². The van der Waals surface area contributed by atoms with Crippen LogP contribution in [0, 0.1) is 0 Å². The smallest absolute Gasteiger partial charge is 0.407 e. The molecule has 1 aliphatic carbocycles. The molecule has 0 atom stereocenters. The summed E-state index contributed by atoms with van der Waals surface area (Å²) in [5, 5.41) is 14.3. The van der Waals surface area contributed by atoms with Gasteiger partial charge in [0.25, 0.3) is 0 Å². The number of nitrogens with zero attached hydrogens (tertiary/aromatic N) is 3. The molecule has 124 valence electrons. The van der Waals surface area contributed by atoms with Crippen LogP contribution in [0.1, 0.15) is 52.1 Å². The standard InChI is InChI=1S/C15H27N5O2/c1-14(2,3)22-13(21)16-11-15(7-5-6-8-15)17-9-12-10-18-19-20(12)4/h10,17H,5-9,11H2,1-4H3,(H,16,21). The van der Waals surface area contributed by atoms with Crippen molar-refractivity contribution in [3.63, 3.8) is 0 Å². The van der Waals surface area contributed by atoms with Crippen LogP contribution in [0.4, 0.5) is 4.79 Å². The van der Waals surface area contributed by atoms with Crippen molar-refractivity contribution >= 4 is 6.09 Å². The second kappa shape index (κ2) is 6.64. The molecule has 0 aliphatic heterocycles. The molecule has 0 bridgehead atoms. The van der Waals surface area contributed by atoms with Crippen molar-refractivity contribution in [2.75, 3.05) is 6.54 Å². The number of carbonyl (C=O) groups excluding carboxylic acids is 1. The molecule has 7 nitrogen and oxygen atoms in total. The van der Waals surface area contributed by atoms with Crippen molar-refractivity contribution in [3.8, 4) is 0 Å². The summed E-state index contributed by atoms with van der Waals surface area (Å²) in [6, 6.07) is 0. The van der Waals surface area contributed by atoms with Gasteiger partial charge in [-0.3, -0.25) is 4.68 Å². The van der Waals surface area contributed by atoms with Crippen LogP contribution < -0.4 is 10.6 Å². The van der Waals surface area contributed by atoms with Gasteiger partial charge >= 0.3 is 6.09 Å². The van der Waals surface area contributed by atoms with E-state index in [9.17, 15) is 4.79 Å². The van der Waals surface area contributed by atoms with E-state index in [0.717, 1.165) is 18.5 Å². The second-order valence-corrected chi connectivity index (χ2v) is 7.05. The predicted octanol–water partition coefficient (Wildman–Crippen LogP) is 1.74. The van der Waals surface area contributed by atoms with Gasteiger partial charge in [-0.15, -0.1) is 5.10 Å². The zero-order chi connectivity index (χ0) is 16.2. The van der Waals surface area contributed by atoms with Gasteiger partial charge in [0.2, 0.25) is 0 Å². The fraction of sp³-hybridized carbons (Fsp3) is 0.800. The van der Waals surface area contributed by atoms with E-state index in [1.54, 1.807) is 10.9 Å². The van der Waals surface area contributed by atoms with Crippen LogP contribution >= 0.6 is 0 Å². The lowest BCUT2D eigenvalue weighted by molar-refractivity contribution is 0.0509. The molecule has 1 aliphatic rings. The molecule has 0 saturated heterocycles. The summed E-state index contributed by atoms with van der Waals surface area (Å²) in [5.74, 6) is 0. The van der Waals surface area contributed by atoms with Crippen molar-refractivity contribution < 1.29 is 9.53 Å². The van der Waals surface area contributed by atoms with E-state index < -0.39 is 5.60 Å². The molecule has 0 aromatic carbocycles. The Morgan fingerprint density at radius 1 is 1.41 bits per heavy atom. The summed E-state index contributed by atoms with van der Waals surface area (Å²) in [7, 11) is 1.88. The van der Waals surface area contributed by atoms with E-state index in [-0.39, 0.29) is 11.6 Å². The van der Waals surface area contributed by atoms with E-state index in [2.05, 4.69) is 20.9 Å². The minimum Gasteiger partial charge on any atom is -0.444 e. The maximum atomic E-state index is 11.9. The number of aromatic nitrogens is 3. The number of alkyl carbamates (subject to hydrolysis) is 1. The molecule has 2 N–H and O–H groups in total. The van der Waals surface area contributed by atoms with Crippen molar-refractivity contribution in [1.29, 1.82) is 0 Å². The highest BCUT2D eigenvalue weighted by Gasteiger charge is 2.34. The third-order valence-corrected chi connectivity index (χ3v) is 3.98. The van der Waals surface area contributed by atoms with Crippen LogP contribution in [0.2, 0.25) is 0 Å². The summed E-state index contributed by atoms with van der Waals surface area (Å²) < 4.78 is 7.07. The van der Waals surface area contributed by atoms with Crippen LogP contribution in [0.5, 0.6) is 0 Å². The summed E-state index contributed by atoms with van der Waals surface area (Å²) in [5.41, 5.74) is 0.491. The lowest BCUT2D eigenvalue weighted by Gasteiger charge is -2.31. The zero-order valence-corrected chi connectivity index (χ0v) is 14.0. The Kier molecular flexibility index (Phi) is 5.05. The molecule has 1 aromatic heterocycles. The first-order chi connectivity index (χ1) is 10.3. The monoisotopic (exact) mass is 309 g/mol. The Morgan fingerprint density at radius 2 is 2.09 bits per heavy atom. The van der Waals surface area contributed by atoms with Crippen LogP contribution in [-0.4, -0.2) is 38.8 Å². The number of hydrogen-bond donors (Lipinski definition) is 2. The zero-order valence-electron chi connectivity index (χ0n) is 14.0. The SMILES string of the molecule is Cn1nncc1CNC1(CNC(=O)OC(C)(C)C)CCCC1. The number of rotatable bonds is 5. The molecule has 1 heterocycles. The van der Waals surface area contributed by atoms with Gasteiger partial charge in [-0.1, -0.05) is 18.1 Å². The number of hydrogen-bond acceptors (Lipinski definition) is 5. The maximum Gasteiger partial charge on any atom is 0.407 e. The Bertz CT molecular complexity index is 500. The van der Waals surface area contributed by atoms with E-state index in [0.29, 0.717) is 13.1 Å². The summed E-state index contributed by atoms with van der Waals surface area (Å²) in [6.45, 7) is 6.87. The number of nitrogens with one attached hydrogen (secondary N) is 2. The van der Waals surface area contributed by atoms with E-state index in [1.165, 1.54) is 12.8 Å². The molecule has 2 rings (SSSR count). The van der Waals surface area contributed by atoms with E-state index >= 15 is 0 Å². The third kappa shape index (κ3) is 4.69. The Labute approximate surface area is 131 Å². The summed E-state index contributed by atoms with van der Waals surface area (Å²) in [6.07, 6.45) is 5.85. The highest BCUT2D eigenvalue weighted by Crippen LogP contribution is 2.29. The van der Waals surface area contributed by atoms with E-state index in [4.69, 9.17) is 4.74 Å². The molecule has 1 aromatic rings. The largest absolute Gasteiger partial charge is 0.444 e. The molecule has 0 unspecified atom stereocenters. The Hall–Kier alpha value is -1.63. The highest BCUT2D eigenvalue weighted by atomic mass is 16.6. The first-order valence-corrected chi connectivity index (χ1v) is 7.85. The number of aryl methyl sites for hydroxylation is 1. The van der Waals surface area contributed by atoms with Crippen LogP contribution in [0.15, 0.2) is 6.20 Å². The van der Waals surface area contributed by atoms with Gasteiger partial charge in [0.15, 0.2) is 0 Å². The topological polar surface area (TPSA) is 81.1 Å². The van der Waals surface area contributed by atoms with Crippen molar-refractivity contribution in [1.82, 2.24) is 25.6 Å². The summed E-state index contributed by atoms with van der Waals surface area (Å²) >= 11 is 0. The predicted molar refractivity (Wildman–Crippen MR) is 83.3 cm³/mol. The first kappa shape index (κ1) is 16.7. The molecule has 7 heteroatoms. The second-order valence-electron chi connectivity index (χ2n) is 7.05. The van der Waals surface area contributed by atoms with Crippen molar-refractivity contribution in [3.05, 3.63) is 11.9 Å². The molecule has 1 amide bonds. The molecule has 1 fully saturated rings. The van der Waals surface area contributed by atoms with Gasteiger partial charge in [0, 0.05) is 25.7 Å². The Balaban J connectivity index is 1.88. The maximum absolute atomic E-state index is 11.9. The summed E-state index contributed by atoms with van der Waals surface area (Å²) in [4.78, 5) is 11.9. The van der Waals surface area contributed by atoms with Crippen LogP contribution in [0.25, 0.3) is 0 Å². The van der Waals surface area contributed by atoms with Gasteiger partial charge < -0.3 is 15.4 Å². The molecule has 1 saturated carbocycles. The van der Waals surface area contributed by atoms with Gasteiger partial charge in [0.1, 0.15) is 5.60 Å². The number of ether oxygens (including phenoxy) is 1. The normalized spacial score (nSPS) is 17.5. The Morgan fingerprint density at radius 3 is 2.64 bits per heavy atom. The quantitative estimate of drug-likeness (QED) is 0.866. The average molecular weight is 309 g/mol. The molecule has 0 radical (unpaired) electrons. The minimum atomic E-state index is -0.471. The van der Waals surface area contributed by atoms with Crippen LogP contribution in [-0.2, 0) is 18.3 Å². The van der Waals surface area contributed by atoms with Gasteiger partial charge in [-0.25, -0.2) is 4.79 Å².